The van der Waals surface area contributed by atoms with E-state index in [-0.39, 0.29) is 37.6 Å². The van der Waals surface area contributed by atoms with Crippen molar-refractivity contribution in [1.82, 2.24) is 4.98 Å². The number of carbonyl (C=O) groups is 2. The van der Waals surface area contributed by atoms with E-state index in [1.807, 2.05) is 0 Å². The highest BCUT2D eigenvalue weighted by molar-refractivity contribution is 6.10. The molecule has 6 nitrogen and oxygen atoms in total. The summed E-state index contributed by atoms with van der Waals surface area (Å²) in [5, 5.41) is 19.9. The maximum Gasteiger partial charge on any atom is 0.150 e. The summed E-state index contributed by atoms with van der Waals surface area (Å²) in [6.45, 7) is -0.411. The lowest BCUT2D eigenvalue weighted by molar-refractivity contribution is -0.133. The maximum absolute atomic E-state index is 13.5. The number of ether oxygens (including phenoxy) is 1. The number of Topliss-reactive ketones (excluding diaryl/α,β-unsaturated/α-hetero) is 2. The van der Waals surface area contributed by atoms with Gasteiger partial charge in [0.05, 0.1) is 24.1 Å². The van der Waals surface area contributed by atoms with Gasteiger partial charge in [-0.05, 0) is 77.6 Å². The van der Waals surface area contributed by atoms with Crippen LogP contribution in [0.25, 0.3) is 10.9 Å². The highest BCUT2D eigenvalue weighted by atomic mass is 19.1. The van der Waals surface area contributed by atoms with Crippen molar-refractivity contribution in [3.8, 4) is 11.5 Å². The van der Waals surface area contributed by atoms with E-state index in [1.165, 1.54) is 12.1 Å². The van der Waals surface area contributed by atoms with Gasteiger partial charge in [-0.15, -0.1) is 0 Å². The zero-order valence-electron chi connectivity index (χ0n) is 20.1. The van der Waals surface area contributed by atoms with Crippen LogP contribution in [0.1, 0.15) is 35.1 Å². The molecule has 0 unspecified atom stereocenters. The topological polar surface area (TPSA) is 96.7 Å². The Balaban J connectivity index is 1.27. The fourth-order valence-corrected chi connectivity index (χ4v) is 4.64. The summed E-state index contributed by atoms with van der Waals surface area (Å²) in [6, 6.07) is 18.3. The smallest absolute Gasteiger partial charge is 0.150 e. The van der Waals surface area contributed by atoms with Crippen LogP contribution >= 0.6 is 0 Å². The molecule has 0 spiro atoms. The molecule has 2 N–H and O–H groups in total. The first-order chi connectivity index (χ1) is 17.9. The number of halogens is 1. The predicted molar refractivity (Wildman–Crippen MR) is 136 cm³/mol. The normalized spacial score (nSPS) is 13.9. The van der Waals surface area contributed by atoms with Crippen LogP contribution in [0.15, 0.2) is 72.9 Å². The average Bonchev–Trinajstić information content (AvgIpc) is 3.72. The highest BCUT2D eigenvalue weighted by Gasteiger charge is 2.54. The molecule has 3 aromatic carbocycles. The molecule has 0 bridgehead atoms. The van der Waals surface area contributed by atoms with Crippen LogP contribution in [-0.2, 0) is 35.6 Å². The summed E-state index contributed by atoms with van der Waals surface area (Å²) < 4.78 is 19.5. The second kappa shape index (κ2) is 10.2. The van der Waals surface area contributed by atoms with E-state index >= 15 is 0 Å². The molecule has 1 fully saturated rings. The first kappa shape index (κ1) is 24.7. The van der Waals surface area contributed by atoms with Crippen molar-refractivity contribution in [1.29, 1.82) is 0 Å². The van der Waals surface area contributed by atoms with Gasteiger partial charge in [0.1, 0.15) is 17.3 Å². The van der Waals surface area contributed by atoms with Crippen molar-refractivity contribution in [3.05, 3.63) is 101 Å². The van der Waals surface area contributed by atoms with Crippen molar-refractivity contribution in [2.45, 2.75) is 38.9 Å². The molecule has 7 heteroatoms. The summed E-state index contributed by atoms with van der Waals surface area (Å²) in [5.41, 5.74) is 2.23. The summed E-state index contributed by atoms with van der Waals surface area (Å²) >= 11 is 0. The van der Waals surface area contributed by atoms with E-state index in [0.717, 1.165) is 5.56 Å². The van der Waals surface area contributed by atoms with Crippen molar-refractivity contribution in [3.63, 3.8) is 0 Å². The van der Waals surface area contributed by atoms with Crippen molar-refractivity contribution in [2.24, 2.45) is 5.41 Å². The lowest BCUT2D eigenvalue weighted by atomic mass is 9.88. The molecule has 0 aliphatic heterocycles. The third-order valence-corrected chi connectivity index (χ3v) is 6.95. The van der Waals surface area contributed by atoms with Crippen LogP contribution in [0.3, 0.4) is 0 Å². The van der Waals surface area contributed by atoms with Gasteiger partial charge in [0.25, 0.3) is 0 Å². The molecule has 4 aromatic rings. The molecule has 0 amide bonds. The summed E-state index contributed by atoms with van der Waals surface area (Å²) in [5.74, 6) is 0.446. The molecular formula is C30H26FNO5. The van der Waals surface area contributed by atoms with Crippen LogP contribution in [0.5, 0.6) is 11.5 Å². The summed E-state index contributed by atoms with van der Waals surface area (Å²) in [7, 11) is 0. The third-order valence-electron chi connectivity index (χ3n) is 6.95. The number of nitrogens with zero attached hydrogens (tertiary/aromatic N) is 1. The zero-order chi connectivity index (χ0) is 26.0. The van der Waals surface area contributed by atoms with Crippen molar-refractivity contribution >= 4 is 22.5 Å². The van der Waals surface area contributed by atoms with Crippen LogP contribution in [0.2, 0.25) is 0 Å². The number of benzene rings is 3. The molecule has 0 radical (unpaired) electrons. The minimum Gasteiger partial charge on any atom is -0.457 e. The van der Waals surface area contributed by atoms with Gasteiger partial charge in [0.2, 0.25) is 0 Å². The first-order valence-corrected chi connectivity index (χ1v) is 12.1. The van der Waals surface area contributed by atoms with Gasteiger partial charge in [0.15, 0.2) is 11.6 Å². The zero-order valence-corrected chi connectivity index (χ0v) is 20.1. The number of aromatic nitrogens is 1. The molecule has 1 saturated carbocycles. The van der Waals surface area contributed by atoms with Crippen LogP contribution in [0.4, 0.5) is 4.39 Å². The lowest BCUT2D eigenvalue weighted by Gasteiger charge is -2.14. The Morgan fingerprint density at radius 1 is 0.865 bits per heavy atom. The van der Waals surface area contributed by atoms with E-state index in [0.29, 0.717) is 51.9 Å². The fourth-order valence-electron chi connectivity index (χ4n) is 4.64. The van der Waals surface area contributed by atoms with E-state index in [9.17, 15) is 24.2 Å². The Bertz CT molecular complexity index is 1480. The van der Waals surface area contributed by atoms with Gasteiger partial charge in [-0.1, -0.05) is 24.3 Å². The first-order valence-electron chi connectivity index (χ1n) is 12.1. The van der Waals surface area contributed by atoms with Crippen molar-refractivity contribution in [2.75, 3.05) is 0 Å². The maximum atomic E-state index is 13.5. The quantitative estimate of drug-likeness (QED) is 0.303. The fraction of sp³-hybridized carbons (Fsp3) is 0.233. The van der Waals surface area contributed by atoms with Gasteiger partial charge in [-0.2, -0.15) is 0 Å². The number of aliphatic hydroxyl groups is 2. The Morgan fingerprint density at radius 2 is 1.54 bits per heavy atom. The minimum atomic E-state index is -0.963. The molecule has 1 aliphatic rings. The van der Waals surface area contributed by atoms with Gasteiger partial charge >= 0.3 is 0 Å². The number of hydrogen-bond donors (Lipinski definition) is 2. The number of fused-ring (bicyclic) bond motifs is 1. The molecule has 37 heavy (non-hydrogen) atoms. The molecule has 0 atom stereocenters. The Labute approximate surface area is 213 Å². The Kier molecular flexibility index (Phi) is 6.82. The SMILES string of the molecule is O=C(Cc1ccc(Oc2ccnc3cc(CO)c(CO)cc23)cc1)C1(C(=O)Cc2cccc(F)c2)CC1. The molecule has 5 rings (SSSR count). The molecule has 1 heterocycles. The second-order valence-electron chi connectivity index (χ2n) is 9.42. The number of carbonyl (C=O) groups excluding carboxylic acids is 2. The number of ketones is 2. The highest BCUT2D eigenvalue weighted by Crippen LogP contribution is 2.48. The Hall–Kier alpha value is -3.94. The molecule has 1 aromatic heterocycles. The summed E-state index contributed by atoms with van der Waals surface area (Å²) in [4.78, 5) is 30.3. The Morgan fingerprint density at radius 3 is 2.19 bits per heavy atom. The molecule has 188 valence electrons. The van der Waals surface area contributed by atoms with Gasteiger partial charge in [-0.3, -0.25) is 14.6 Å². The predicted octanol–water partition coefficient (Wildman–Crippen LogP) is 4.85. The van der Waals surface area contributed by atoms with Gasteiger partial charge in [0, 0.05) is 24.4 Å². The van der Waals surface area contributed by atoms with E-state index in [1.54, 1.807) is 60.8 Å². The molecule has 1 aliphatic carbocycles. The number of aliphatic hydroxyl groups excluding tert-OH is 2. The number of hydrogen-bond acceptors (Lipinski definition) is 6. The lowest BCUT2D eigenvalue weighted by Crippen LogP contribution is -2.28. The van der Waals surface area contributed by atoms with E-state index in [4.69, 9.17) is 4.74 Å². The van der Waals surface area contributed by atoms with Gasteiger partial charge < -0.3 is 14.9 Å². The summed E-state index contributed by atoms with van der Waals surface area (Å²) in [6.07, 6.45) is 2.86. The monoisotopic (exact) mass is 499 g/mol. The second-order valence-corrected chi connectivity index (χ2v) is 9.42. The van der Waals surface area contributed by atoms with E-state index in [2.05, 4.69) is 4.98 Å². The number of pyridine rings is 1. The van der Waals surface area contributed by atoms with Crippen molar-refractivity contribution < 1.29 is 28.9 Å². The largest absolute Gasteiger partial charge is 0.457 e. The minimum absolute atomic E-state index is 0.0496. The third kappa shape index (κ3) is 5.14. The van der Waals surface area contributed by atoms with Crippen LogP contribution in [-0.4, -0.2) is 26.8 Å². The van der Waals surface area contributed by atoms with Gasteiger partial charge in [-0.25, -0.2) is 4.39 Å². The van der Waals surface area contributed by atoms with E-state index < -0.39 is 11.2 Å². The van der Waals surface area contributed by atoms with Crippen LogP contribution in [0, 0.1) is 11.2 Å². The molecule has 0 saturated heterocycles. The van der Waals surface area contributed by atoms with Crippen LogP contribution < -0.4 is 4.74 Å². The average molecular weight is 500 g/mol. The standard InChI is InChI=1S/C30H26FNO5/c31-23-3-1-2-20(12-23)14-29(36)30(9-10-30)28(35)13-19-4-6-24(7-5-19)37-27-8-11-32-26-16-22(18-34)21(17-33)15-25(26)27/h1-8,11-12,15-16,33-34H,9-10,13-14,17-18H2. The molecular weight excluding hydrogens is 473 g/mol. The number of rotatable bonds is 10.